The predicted octanol–water partition coefficient (Wildman–Crippen LogP) is 2.42. The Morgan fingerprint density at radius 1 is 1.47 bits per heavy atom. The second-order valence-corrected chi connectivity index (χ2v) is 5.50. The second-order valence-electron chi connectivity index (χ2n) is 4.39. The van der Waals surface area contributed by atoms with Crippen molar-refractivity contribution in [1.82, 2.24) is 4.90 Å². The zero-order valence-corrected chi connectivity index (χ0v) is 9.97. The average Bonchev–Trinajstić information content (AvgIpc) is 2.64. The molecule has 86 valence electrons. The Kier molecular flexibility index (Phi) is 3.01. The Labute approximate surface area is 96.1 Å². The summed E-state index contributed by atoms with van der Waals surface area (Å²) in [6, 6.07) is 0. The molecule has 15 heavy (non-hydrogen) atoms. The summed E-state index contributed by atoms with van der Waals surface area (Å²) in [6.07, 6.45) is 1.84. The number of hydrogen-bond acceptors (Lipinski definition) is 1. The van der Waals surface area contributed by atoms with Gasteiger partial charge in [-0.05, 0) is 19.3 Å². The summed E-state index contributed by atoms with van der Waals surface area (Å²) >= 11 is 3.24. The lowest BCUT2D eigenvalue weighted by molar-refractivity contribution is -0.129. The van der Waals surface area contributed by atoms with Crippen molar-refractivity contribution in [2.75, 3.05) is 13.1 Å². The topological polar surface area (TPSA) is 20.3 Å². The summed E-state index contributed by atoms with van der Waals surface area (Å²) in [5.74, 6) is -3.22. The van der Waals surface area contributed by atoms with Gasteiger partial charge in [0, 0.05) is 25.4 Å². The van der Waals surface area contributed by atoms with E-state index in [4.69, 9.17) is 0 Å². The van der Waals surface area contributed by atoms with E-state index in [9.17, 15) is 13.6 Å². The summed E-state index contributed by atoms with van der Waals surface area (Å²) < 4.78 is 26.7. The molecule has 5 heteroatoms. The Morgan fingerprint density at radius 2 is 2.20 bits per heavy atom. The van der Waals surface area contributed by atoms with Crippen molar-refractivity contribution in [3.05, 3.63) is 0 Å². The van der Waals surface area contributed by atoms with E-state index in [0.717, 1.165) is 6.42 Å². The molecule has 1 heterocycles. The van der Waals surface area contributed by atoms with E-state index >= 15 is 0 Å². The van der Waals surface area contributed by atoms with Crippen molar-refractivity contribution >= 4 is 21.8 Å². The number of carbonyl (C=O) groups excluding carboxylic acids is 1. The van der Waals surface area contributed by atoms with Crippen molar-refractivity contribution < 1.29 is 13.6 Å². The van der Waals surface area contributed by atoms with E-state index in [1.807, 2.05) is 0 Å². The third kappa shape index (κ3) is 2.17. The van der Waals surface area contributed by atoms with Gasteiger partial charge in [0.25, 0.3) is 5.92 Å². The minimum atomic E-state index is -2.56. The van der Waals surface area contributed by atoms with Gasteiger partial charge in [-0.15, -0.1) is 0 Å². The minimum Gasteiger partial charge on any atom is -0.341 e. The molecule has 2 nitrogen and oxygen atoms in total. The summed E-state index contributed by atoms with van der Waals surface area (Å²) in [5.41, 5.74) is 0. The molecule has 2 unspecified atom stereocenters. The Bertz CT molecular complexity index is 272. The quantitative estimate of drug-likeness (QED) is 0.712. The molecule has 1 aliphatic heterocycles. The van der Waals surface area contributed by atoms with Gasteiger partial charge in [-0.1, -0.05) is 15.9 Å². The van der Waals surface area contributed by atoms with Crippen LogP contribution in [0.4, 0.5) is 8.78 Å². The number of carbonyl (C=O) groups is 1. The van der Waals surface area contributed by atoms with Crippen LogP contribution in [0, 0.1) is 5.92 Å². The van der Waals surface area contributed by atoms with Gasteiger partial charge in [0.15, 0.2) is 0 Å². The van der Waals surface area contributed by atoms with Crippen LogP contribution in [0.15, 0.2) is 0 Å². The van der Waals surface area contributed by atoms with Crippen LogP contribution in [-0.2, 0) is 4.79 Å². The van der Waals surface area contributed by atoms with Crippen LogP contribution in [0.5, 0.6) is 0 Å². The number of alkyl halides is 3. The van der Waals surface area contributed by atoms with Gasteiger partial charge in [-0.25, -0.2) is 8.78 Å². The normalized spacial score (nSPS) is 35.1. The van der Waals surface area contributed by atoms with Crippen LogP contribution in [0.3, 0.4) is 0 Å². The summed E-state index contributed by atoms with van der Waals surface area (Å²) in [4.78, 5) is 13.0. The molecule has 1 saturated carbocycles. The number of hydrogen-bond donors (Lipinski definition) is 0. The van der Waals surface area contributed by atoms with Gasteiger partial charge in [-0.3, -0.25) is 4.79 Å². The first-order chi connectivity index (χ1) is 7.00. The highest BCUT2D eigenvalue weighted by molar-refractivity contribution is 9.10. The molecule has 0 bridgehead atoms. The lowest BCUT2D eigenvalue weighted by Gasteiger charge is -2.24. The number of halogens is 3. The Hall–Kier alpha value is -0.190. The standard InChI is InChI=1S/C10H14BrF2NO/c11-8-3-5-14(9(8)15)6-7-2-1-4-10(7,12)13/h7-8H,1-6H2. The first-order valence-electron chi connectivity index (χ1n) is 5.31. The van der Waals surface area contributed by atoms with E-state index in [-0.39, 0.29) is 23.7 Å². The zero-order chi connectivity index (χ0) is 11.1. The fourth-order valence-corrected chi connectivity index (χ4v) is 2.87. The maximum absolute atomic E-state index is 13.3. The van der Waals surface area contributed by atoms with E-state index in [0.29, 0.717) is 19.4 Å². The SMILES string of the molecule is O=C1C(Br)CCN1CC1CCCC1(F)F. The molecular formula is C10H14BrF2NO. The van der Waals surface area contributed by atoms with Crippen molar-refractivity contribution in [1.29, 1.82) is 0 Å². The molecular weight excluding hydrogens is 268 g/mol. The molecule has 0 spiro atoms. The van der Waals surface area contributed by atoms with Crippen LogP contribution >= 0.6 is 15.9 Å². The zero-order valence-electron chi connectivity index (χ0n) is 8.39. The van der Waals surface area contributed by atoms with E-state index in [1.165, 1.54) is 0 Å². The average molecular weight is 282 g/mol. The summed E-state index contributed by atoms with van der Waals surface area (Å²) in [7, 11) is 0. The van der Waals surface area contributed by atoms with Crippen LogP contribution in [0.1, 0.15) is 25.7 Å². The highest BCUT2D eigenvalue weighted by Gasteiger charge is 2.45. The van der Waals surface area contributed by atoms with Gasteiger partial charge in [0.2, 0.25) is 5.91 Å². The first-order valence-corrected chi connectivity index (χ1v) is 6.23. The second kappa shape index (κ2) is 4.00. The third-order valence-electron chi connectivity index (χ3n) is 3.33. The fraction of sp³-hybridized carbons (Fsp3) is 0.900. The van der Waals surface area contributed by atoms with Gasteiger partial charge >= 0.3 is 0 Å². The first kappa shape index (κ1) is 11.3. The monoisotopic (exact) mass is 281 g/mol. The Balaban J connectivity index is 1.95. The smallest absolute Gasteiger partial charge is 0.252 e. The van der Waals surface area contributed by atoms with Crippen molar-refractivity contribution in [3.8, 4) is 0 Å². The number of amides is 1. The molecule has 2 rings (SSSR count). The number of nitrogens with zero attached hydrogens (tertiary/aromatic N) is 1. The molecule has 1 saturated heterocycles. The highest BCUT2D eigenvalue weighted by Crippen LogP contribution is 2.41. The fourth-order valence-electron chi connectivity index (χ4n) is 2.37. The Morgan fingerprint density at radius 3 is 2.67 bits per heavy atom. The molecule has 0 aromatic heterocycles. The summed E-state index contributed by atoms with van der Waals surface area (Å²) in [5, 5.41) is 0. The molecule has 0 radical (unpaired) electrons. The van der Waals surface area contributed by atoms with Gasteiger partial charge in [0.1, 0.15) is 0 Å². The lowest BCUT2D eigenvalue weighted by atomic mass is 10.0. The summed E-state index contributed by atoms with van der Waals surface area (Å²) in [6.45, 7) is 0.843. The maximum Gasteiger partial charge on any atom is 0.252 e. The largest absolute Gasteiger partial charge is 0.341 e. The molecule has 0 aromatic rings. The van der Waals surface area contributed by atoms with Crippen molar-refractivity contribution in [3.63, 3.8) is 0 Å². The predicted molar refractivity (Wildman–Crippen MR) is 56.2 cm³/mol. The van der Waals surface area contributed by atoms with Gasteiger partial charge in [-0.2, -0.15) is 0 Å². The molecule has 0 N–H and O–H groups in total. The van der Waals surface area contributed by atoms with E-state index < -0.39 is 11.8 Å². The maximum atomic E-state index is 13.3. The molecule has 0 aromatic carbocycles. The molecule has 2 atom stereocenters. The molecule has 2 fully saturated rings. The molecule has 1 amide bonds. The van der Waals surface area contributed by atoms with Crippen LogP contribution in [0.25, 0.3) is 0 Å². The highest BCUT2D eigenvalue weighted by atomic mass is 79.9. The van der Waals surface area contributed by atoms with Crippen LogP contribution < -0.4 is 0 Å². The van der Waals surface area contributed by atoms with Crippen LogP contribution in [0.2, 0.25) is 0 Å². The van der Waals surface area contributed by atoms with Crippen molar-refractivity contribution in [2.45, 2.75) is 36.4 Å². The van der Waals surface area contributed by atoms with E-state index in [2.05, 4.69) is 15.9 Å². The van der Waals surface area contributed by atoms with Crippen LogP contribution in [-0.4, -0.2) is 34.6 Å². The minimum absolute atomic E-state index is 0.0164. The van der Waals surface area contributed by atoms with Gasteiger partial charge in [0.05, 0.1) is 4.83 Å². The molecule has 1 aliphatic carbocycles. The third-order valence-corrected chi connectivity index (χ3v) is 4.18. The van der Waals surface area contributed by atoms with Crippen molar-refractivity contribution in [2.24, 2.45) is 5.92 Å². The number of likely N-dealkylation sites (tertiary alicyclic amines) is 1. The van der Waals surface area contributed by atoms with E-state index in [1.54, 1.807) is 4.90 Å². The lowest BCUT2D eigenvalue weighted by Crippen LogP contribution is -2.37. The number of rotatable bonds is 2. The molecule has 2 aliphatic rings. The van der Waals surface area contributed by atoms with Gasteiger partial charge < -0.3 is 4.90 Å².